The molecule has 0 unspecified atom stereocenters. The van der Waals surface area contributed by atoms with Gasteiger partial charge in [0.25, 0.3) is 0 Å². The number of amides is 1. The highest BCUT2D eigenvalue weighted by atomic mass is 35.5. The van der Waals surface area contributed by atoms with Crippen molar-refractivity contribution in [1.29, 1.82) is 0 Å². The number of hydrogen-bond acceptors (Lipinski definition) is 4. The van der Waals surface area contributed by atoms with Crippen molar-refractivity contribution in [2.45, 2.75) is 38.8 Å². The Bertz CT molecular complexity index is 519. The number of halogens is 1. The molecule has 1 amide bonds. The molecule has 22 heavy (non-hydrogen) atoms. The highest BCUT2D eigenvalue weighted by molar-refractivity contribution is 6.30. The van der Waals surface area contributed by atoms with Gasteiger partial charge in [-0.3, -0.25) is 4.79 Å². The molecule has 0 spiro atoms. The van der Waals surface area contributed by atoms with Gasteiger partial charge in [0.2, 0.25) is 5.91 Å². The molecule has 0 aliphatic rings. The minimum atomic E-state index is -1.15. The van der Waals surface area contributed by atoms with Crippen molar-refractivity contribution in [1.82, 2.24) is 5.32 Å². The lowest BCUT2D eigenvalue weighted by molar-refractivity contribution is -0.146. The highest BCUT2D eigenvalue weighted by Gasteiger charge is 2.25. The Kier molecular flexibility index (Phi) is 7.35. The van der Waals surface area contributed by atoms with Crippen molar-refractivity contribution in [2.24, 2.45) is 5.92 Å². The second kappa shape index (κ2) is 8.76. The molecule has 1 aromatic rings. The van der Waals surface area contributed by atoms with E-state index in [1.54, 1.807) is 24.3 Å². The standard InChI is InChI=1S/C16H22ClNO4/c1-10(2)7-14(19)15(20)18-13(16(21)22-3)9-11-5-4-6-12(17)8-11/h4-6,8,10,13-14,19H,7,9H2,1-3H3,(H,18,20)/t13-,14-/m0/s1. The molecule has 2 N–H and O–H groups in total. The van der Waals surface area contributed by atoms with Crippen molar-refractivity contribution in [2.75, 3.05) is 7.11 Å². The third-order valence-electron chi connectivity index (χ3n) is 3.13. The summed E-state index contributed by atoms with van der Waals surface area (Å²) in [5.74, 6) is -0.971. The summed E-state index contributed by atoms with van der Waals surface area (Å²) in [6.45, 7) is 3.81. The van der Waals surface area contributed by atoms with Gasteiger partial charge in [-0.2, -0.15) is 0 Å². The average Bonchev–Trinajstić information content (AvgIpc) is 2.44. The van der Waals surface area contributed by atoms with E-state index in [2.05, 4.69) is 5.32 Å². The molecule has 6 heteroatoms. The third kappa shape index (κ3) is 6.03. The maximum absolute atomic E-state index is 12.0. The van der Waals surface area contributed by atoms with Crippen LogP contribution in [0.2, 0.25) is 5.02 Å². The number of methoxy groups -OCH3 is 1. The molecule has 0 aliphatic heterocycles. The molecule has 0 saturated heterocycles. The molecule has 5 nitrogen and oxygen atoms in total. The van der Waals surface area contributed by atoms with Crippen LogP contribution in [0.5, 0.6) is 0 Å². The Labute approximate surface area is 135 Å². The maximum atomic E-state index is 12.0. The molecule has 0 heterocycles. The second-order valence-corrected chi connectivity index (χ2v) is 6.00. The van der Waals surface area contributed by atoms with E-state index in [0.717, 1.165) is 5.56 Å². The number of benzene rings is 1. The zero-order valence-electron chi connectivity index (χ0n) is 13.0. The summed E-state index contributed by atoms with van der Waals surface area (Å²) in [6, 6.07) is 6.15. The molecular weight excluding hydrogens is 306 g/mol. The van der Waals surface area contributed by atoms with Crippen LogP contribution in [-0.2, 0) is 20.7 Å². The Hall–Kier alpha value is -1.59. The number of nitrogens with one attached hydrogen (secondary N) is 1. The second-order valence-electron chi connectivity index (χ2n) is 5.56. The number of carbonyl (C=O) groups is 2. The quantitative estimate of drug-likeness (QED) is 0.751. The van der Waals surface area contributed by atoms with Crippen LogP contribution in [0.1, 0.15) is 25.8 Å². The van der Waals surface area contributed by atoms with Crippen LogP contribution in [0.4, 0.5) is 0 Å². The molecule has 0 radical (unpaired) electrons. The first-order chi connectivity index (χ1) is 10.3. The fourth-order valence-electron chi connectivity index (χ4n) is 2.06. The average molecular weight is 328 g/mol. The Morgan fingerprint density at radius 3 is 2.59 bits per heavy atom. The van der Waals surface area contributed by atoms with Gasteiger partial charge >= 0.3 is 5.97 Å². The lowest BCUT2D eigenvalue weighted by Crippen LogP contribution is -2.47. The molecule has 1 rings (SSSR count). The van der Waals surface area contributed by atoms with Gasteiger partial charge in [0.1, 0.15) is 12.1 Å². The summed E-state index contributed by atoms with van der Waals surface area (Å²) in [5.41, 5.74) is 0.793. The van der Waals surface area contributed by atoms with E-state index in [9.17, 15) is 14.7 Å². The van der Waals surface area contributed by atoms with Crippen LogP contribution in [0.3, 0.4) is 0 Å². The molecule has 1 aromatic carbocycles. The number of carbonyl (C=O) groups excluding carboxylic acids is 2. The van der Waals surface area contributed by atoms with Crippen LogP contribution < -0.4 is 5.32 Å². The zero-order valence-corrected chi connectivity index (χ0v) is 13.8. The Morgan fingerprint density at radius 2 is 2.05 bits per heavy atom. The summed E-state index contributed by atoms with van der Waals surface area (Å²) in [5, 5.41) is 12.9. The van der Waals surface area contributed by atoms with Gasteiger partial charge in [-0.1, -0.05) is 37.6 Å². The van der Waals surface area contributed by atoms with E-state index in [1.807, 2.05) is 13.8 Å². The third-order valence-corrected chi connectivity index (χ3v) is 3.36. The van der Waals surface area contributed by atoms with Crippen LogP contribution in [0.25, 0.3) is 0 Å². The fourth-order valence-corrected chi connectivity index (χ4v) is 2.27. The summed E-state index contributed by atoms with van der Waals surface area (Å²) >= 11 is 5.91. The van der Waals surface area contributed by atoms with E-state index in [0.29, 0.717) is 11.4 Å². The van der Waals surface area contributed by atoms with Gasteiger partial charge < -0.3 is 15.2 Å². The summed E-state index contributed by atoms with van der Waals surface area (Å²) in [4.78, 5) is 23.8. The zero-order chi connectivity index (χ0) is 16.7. The molecule has 122 valence electrons. The largest absolute Gasteiger partial charge is 0.467 e. The number of ether oxygens (including phenoxy) is 1. The number of rotatable bonds is 7. The molecule has 0 aromatic heterocycles. The molecule has 0 saturated carbocycles. The van der Waals surface area contributed by atoms with Gasteiger partial charge in [-0.15, -0.1) is 0 Å². The number of aliphatic hydroxyl groups excluding tert-OH is 1. The summed E-state index contributed by atoms with van der Waals surface area (Å²) in [7, 11) is 1.25. The van der Waals surface area contributed by atoms with Crippen molar-refractivity contribution in [3.05, 3.63) is 34.9 Å². The number of hydrogen-bond donors (Lipinski definition) is 2. The smallest absolute Gasteiger partial charge is 0.328 e. The lowest BCUT2D eigenvalue weighted by Gasteiger charge is -2.19. The van der Waals surface area contributed by atoms with Crippen LogP contribution >= 0.6 is 11.6 Å². The van der Waals surface area contributed by atoms with Gasteiger partial charge in [-0.05, 0) is 30.0 Å². The first-order valence-electron chi connectivity index (χ1n) is 7.14. The van der Waals surface area contributed by atoms with Gasteiger partial charge in [-0.25, -0.2) is 4.79 Å². The first kappa shape index (κ1) is 18.5. The van der Waals surface area contributed by atoms with E-state index in [4.69, 9.17) is 16.3 Å². The van der Waals surface area contributed by atoms with Crippen LogP contribution in [0, 0.1) is 5.92 Å². The summed E-state index contributed by atoms with van der Waals surface area (Å²) in [6.07, 6.45) is -0.573. The normalized spacial score (nSPS) is 13.5. The van der Waals surface area contributed by atoms with Gasteiger partial charge in [0.05, 0.1) is 7.11 Å². The van der Waals surface area contributed by atoms with Crippen LogP contribution in [0.15, 0.2) is 24.3 Å². The minimum absolute atomic E-state index is 0.172. The van der Waals surface area contributed by atoms with Gasteiger partial charge in [0, 0.05) is 11.4 Å². The van der Waals surface area contributed by atoms with E-state index in [-0.39, 0.29) is 12.3 Å². The summed E-state index contributed by atoms with van der Waals surface area (Å²) < 4.78 is 4.71. The van der Waals surface area contributed by atoms with Crippen LogP contribution in [-0.4, -0.2) is 36.2 Å². The fraction of sp³-hybridized carbons (Fsp3) is 0.500. The SMILES string of the molecule is COC(=O)[C@H](Cc1cccc(Cl)c1)NC(=O)[C@@H](O)CC(C)C. The van der Waals surface area contributed by atoms with Crippen molar-refractivity contribution in [3.8, 4) is 0 Å². The Balaban J connectivity index is 2.77. The Morgan fingerprint density at radius 1 is 1.36 bits per heavy atom. The number of aliphatic hydroxyl groups is 1. The molecule has 0 aliphatic carbocycles. The van der Waals surface area contributed by atoms with E-state index >= 15 is 0 Å². The monoisotopic (exact) mass is 327 g/mol. The minimum Gasteiger partial charge on any atom is -0.467 e. The number of esters is 1. The van der Waals surface area contributed by atoms with Crippen molar-refractivity contribution < 1.29 is 19.4 Å². The topological polar surface area (TPSA) is 75.6 Å². The highest BCUT2D eigenvalue weighted by Crippen LogP contribution is 2.13. The predicted molar refractivity (Wildman–Crippen MR) is 84.6 cm³/mol. The maximum Gasteiger partial charge on any atom is 0.328 e. The predicted octanol–water partition coefficient (Wildman–Crippen LogP) is 1.95. The lowest BCUT2D eigenvalue weighted by atomic mass is 10.0. The van der Waals surface area contributed by atoms with Gasteiger partial charge in [0.15, 0.2) is 0 Å². The van der Waals surface area contributed by atoms with E-state index in [1.165, 1.54) is 7.11 Å². The molecule has 0 bridgehead atoms. The van der Waals surface area contributed by atoms with Crippen molar-refractivity contribution in [3.63, 3.8) is 0 Å². The molecular formula is C16H22ClNO4. The molecule has 2 atom stereocenters. The first-order valence-corrected chi connectivity index (χ1v) is 7.52. The van der Waals surface area contributed by atoms with Crippen molar-refractivity contribution >= 4 is 23.5 Å². The molecule has 0 fully saturated rings. The van der Waals surface area contributed by atoms with E-state index < -0.39 is 24.0 Å².